The Labute approximate surface area is 114 Å². The van der Waals surface area contributed by atoms with Gasteiger partial charge in [0.15, 0.2) is 0 Å². The van der Waals surface area contributed by atoms with Crippen molar-refractivity contribution in [1.82, 2.24) is 4.98 Å². The molecular weight excluding hydrogens is 260 g/mol. The van der Waals surface area contributed by atoms with Crippen molar-refractivity contribution in [3.8, 4) is 0 Å². The van der Waals surface area contributed by atoms with Crippen LogP contribution in [0.15, 0.2) is 30.3 Å². The Bertz CT molecular complexity index is 605. The van der Waals surface area contributed by atoms with Crippen molar-refractivity contribution in [3.05, 3.63) is 51.5 Å². The van der Waals surface area contributed by atoms with Crippen LogP contribution in [0.2, 0.25) is 0 Å². The lowest BCUT2D eigenvalue weighted by atomic mass is 10.1. The van der Waals surface area contributed by atoms with Crippen LogP contribution in [0.3, 0.4) is 0 Å². The topological polar surface area (TPSA) is 76.2 Å². The van der Waals surface area contributed by atoms with E-state index in [2.05, 4.69) is 4.98 Å². The van der Waals surface area contributed by atoms with Crippen molar-refractivity contribution in [2.45, 2.75) is 24.8 Å². The second-order valence-corrected chi connectivity index (χ2v) is 5.76. The molecule has 0 amide bonds. The van der Waals surface area contributed by atoms with Gasteiger partial charge in [0, 0.05) is 5.92 Å². The molecule has 1 unspecified atom stereocenters. The molecule has 1 atom stereocenters. The third-order valence-electron chi connectivity index (χ3n) is 3.25. The summed E-state index contributed by atoms with van der Waals surface area (Å²) in [6, 6.07) is 9.28. The van der Waals surface area contributed by atoms with Crippen molar-refractivity contribution in [1.29, 1.82) is 0 Å². The molecule has 1 aromatic carbocycles. The van der Waals surface area contributed by atoms with E-state index in [0.29, 0.717) is 15.8 Å². The number of hydrogen-bond acceptors (Lipinski definition) is 4. The van der Waals surface area contributed by atoms with Gasteiger partial charge in [0.1, 0.15) is 9.88 Å². The second kappa shape index (κ2) is 4.75. The van der Waals surface area contributed by atoms with Crippen LogP contribution < -0.4 is 5.73 Å². The molecule has 0 spiro atoms. The molecule has 2 aromatic rings. The fourth-order valence-corrected chi connectivity index (χ4v) is 3.09. The zero-order chi connectivity index (χ0) is 13.4. The number of thiazole rings is 1. The molecule has 0 saturated heterocycles. The first-order valence-electron chi connectivity index (χ1n) is 6.21. The quantitative estimate of drug-likeness (QED) is 0.898. The average Bonchev–Trinajstić information content (AvgIpc) is 3.17. The molecule has 1 heterocycles. The van der Waals surface area contributed by atoms with Crippen LogP contribution in [0.5, 0.6) is 0 Å². The van der Waals surface area contributed by atoms with Gasteiger partial charge in [-0.2, -0.15) is 0 Å². The fourth-order valence-electron chi connectivity index (χ4n) is 2.07. The Balaban J connectivity index is 1.97. The highest BCUT2D eigenvalue weighted by Gasteiger charge is 2.33. The first kappa shape index (κ1) is 12.3. The lowest BCUT2D eigenvalue weighted by Gasteiger charge is -2.07. The number of carboxylic acid groups (broad SMARTS) is 1. The molecule has 3 N–H and O–H groups in total. The standard InChI is InChI=1S/C14H14N2O2S/c15-10(8-4-2-1-3-5-8)13-16-11(9-6-7-9)12(19-13)14(17)18/h1-5,9-10H,6-7,15H2,(H,17,18). The number of hydrogen-bond donors (Lipinski definition) is 2. The van der Waals surface area contributed by atoms with Crippen molar-refractivity contribution >= 4 is 17.3 Å². The summed E-state index contributed by atoms with van der Waals surface area (Å²) in [7, 11) is 0. The van der Waals surface area contributed by atoms with Crippen LogP contribution in [-0.2, 0) is 0 Å². The fraction of sp³-hybridized carbons (Fsp3) is 0.286. The van der Waals surface area contributed by atoms with Crippen molar-refractivity contribution in [2.24, 2.45) is 5.73 Å². The Kier molecular flexibility index (Phi) is 3.08. The highest BCUT2D eigenvalue weighted by atomic mass is 32.1. The molecule has 1 fully saturated rings. The first-order chi connectivity index (χ1) is 9.16. The van der Waals surface area contributed by atoms with Gasteiger partial charge in [0.2, 0.25) is 0 Å². The summed E-state index contributed by atoms with van der Waals surface area (Å²) in [5.41, 5.74) is 7.85. The van der Waals surface area contributed by atoms with E-state index in [1.54, 1.807) is 0 Å². The largest absolute Gasteiger partial charge is 0.477 e. The first-order valence-corrected chi connectivity index (χ1v) is 7.03. The van der Waals surface area contributed by atoms with E-state index >= 15 is 0 Å². The number of nitrogens with zero attached hydrogens (tertiary/aromatic N) is 1. The summed E-state index contributed by atoms with van der Waals surface area (Å²) in [5, 5.41) is 9.92. The molecule has 3 rings (SSSR count). The molecule has 1 aliphatic carbocycles. The van der Waals surface area contributed by atoms with Crippen molar-refractivity contribution < 1.29 is 9.90 Å². The summed E-state index contributed by atoms with van der Waals surface area (Å²) in [5.74, 6) is -0.579. The minimum atomic E-state index is -0.897. The minimum absolute atomic E-state index is 0.319. The maximum Gasteiger partial charge on any atom is 0.347 e. The molecular formula is C14H14N2O2S. The number of benzene rings is 1. The van der Waals surface area contributed by atoms with Crippen LogP contribution in [0, 0.1) is 0 Å². The van der Waals surface area contributed by atoms with Gasteiger partial charge in [-0.15, -0.1) is 11.3 Å². The SMILES string of the molecule is NC(c1ccccc1)c1nc(C2CC2)c(C(=O)O)s1. The third kappa shape index (κ3) is 2.39. The van der Waals surface area contributed by atoms with Gasteiger partial charge in [-0.1, -0.05) is 30.3 Å². The lowest BCUT2D eigenvalue weighted by molar-refractivity contribution is 0.0700. The Morgan fingerprint density at radius 1 is 1.37 bits per heavy atom. The zero-order valence-electron chi connectivity index (χ0n) is 10.2. The number of aromatic carboxylic acids is 1. The van der Waals surface area contributed by atoms with Crippen molar-refractivity contribution in [3.63, 3.8) is 0 Å². The number of carboxylic acids is 1. The maximum absolute atomic E-state index is 11.3. The number of nitrogens with two attached hydrogens (primary N) is 1. The number of aromatic nitrogens is 1. The van der Waals surface area contributed by atoms with E-state index in [1.807, 2.05) is 30.3 Å². The monoisotopic (exact) mass is 274 g/mol. The Morgan fingerprint density at radius 3 is 2.63 bits per heavy atom. The highest BCUT2D eigenvalue weighted by Crippen LogP contribution is 2.43. The molecule has 1 aliphatic rings. The van der Waals surface area contributed by atoms with Crippen LogP contribution in [0.25, 0.3) is 0 Å². The summed E-state index contributed by atoms with van der Waals surface area (Å²) in [4.78, 5) is 16.1. The summed E-state index contributed by atoms with van der Waals surface area (Å²) in [6.45, 7) is 0. The molecule has 0 radical (unpaired) electrons. The second-order valence-electron chi connectivity index (χ2n) is 4.73. The van der Waals surface area contributed by atoms with E-state index in [0.717, 1.165) is 24.1 Å². The van der Waals surface area contributed by atoms with E-state index < -0.39 is 5.97 Å². The van der Waals surface area contributed by atoms with Crippen LogP contribution in [-0.4, -0.2) is 16.1 Å². The molecule has 98 valence electrons. The van der Waals surface area contributed by atoms with Gasteiger partial charge in [-0.3, -0.25) is 0 Å². The molecule has 5 heteroatoms. The van der Waals surface area contributed by atoms with E-state index in [9.17, 15) is 9.90 Å². The molecule has 1 aromatic heterocycles. The van der Waals surface area contributed by atoms with Gasteiger partial charge in [-0.25, -0.2) is 9.78 Å². The normalized spacial score (nSPS) is 16.3. The van der Waals surface area contributed by atoms with Gasteiger partial charge >= 0.3 is 5.97 Å². The Morgan fingerprint density at radius 2 is 2.05 bits per heavy atom. The minimum Gasteiger partial charge on any atom is -0.477 e. The lowest BCUT2D eigenvalue weighted by Crippen LogP contribution is -2.11. The van der Waals surface area contributed by atoms with E-state index in [1.165, 1.54) is 11.3 Å². The van der Waals surface area contributed by atoms with Crippen LogP contribution in [0.4, 0.5) is 0 Å². The predicted octanol–water partition coefficient (Wildman–Crippen LogP) is 2.77. The molecule has 0 bridgehead atoms. The third-order valence-corrected chi connectivity index (χ3v) is 4.40. The smallest absolute Gasteiger partial charge is 0.347 e. The van der Waals surface area contributed by atoms with Gasteiger partial charge < -0.3 is 10.8 Å². The van der Waals surface area contributed by atoms with Crippen molar-refractivity contribution in [2.75, 3.05) is 0 Å². The molecule has 1 saturated carbocycles. The van der Waals surface area contributed by atoms with E-state index in [-0.39, 0.29) is 6.04 Å². The number of carbonyl (C=O) groups is 1. The predicted molar refractivity (Wildman–Crippen MR) is 73.5 cm³/mol. The van der Waals surface area contributed by atoms with Crippen LogP contribution in [0.1, 0.15) is 50.7 Å². The van der Waals surface area contributed by atoms with Crippen LogP contribution >= 0.6 is 11.3 Å². The maximum atomic E-state index is 11.3. The van der Waals surface area contributed by atoms with E-state index in [4.69, 9.17) is 5.73 Å². The average molecular weight is 274 g/mol. The van der Waals surface area contributed by atoms with Gasteiger partial charge in [0.05, 0.1) is 11.7 Å². The summed E-state index contributed by atoms with van der Waals surface area (Å²) < 4.78 is 0. The molecule has 19 heavy (non-hydrogen) atoms. The summed E-state index contributed by atoms with van der Waals surface area (Å²) >= 11 is 1.20. The Hall–Kier alpha value is -1.72. The summed E-state index contributed by atoms with van der Waals surface area (Å²) in [6.07, 6.45) is 2.06. The van der Waals surface area contributed by atoms with Gasteiger partial charge in [0.25, 0.3) is 0 Å². The number of rotatable bonds is 4. The zero-order valence-corrected chi connectivity index (χ0v) is 11.1. The highest BCUT2D eigenvalue weighted by molar-refractivity contribution is 7.13. The molecule has 4 nitrogen and oxygen atoms in total. The van der Waals surface area contributed by atoms with Gasteiger partial charge in [-0.05, 0) is 18.4 Å². The molecule has 0 aliphatic heterocycles.